The summed E-state index contributed by atoms with van der Waals surface area (Å²) in [5.41, 5.74) is 2.77. The Morgan fingerprint density at radius 2 is 1.80 bits per heavy atom. The number of fused-ring (bicyclic) bond motifs is 1. The highest BCUT2D eigenvalue weighted by Crippen LogP contribution is 2.24. The minimum Gasteiger partial charge on any atom is -0.406 e. The molecule has 0 spiro atoms. The first-order valence-corrected chi connectivity index (χ1v) is 10.9. The van der Waals surface area contributed by atoms with Gasteiger partial charge in [0.1, 0.15) is 22.9 Å². The summed E-state index contributed by atoms with van der Waals surface area (Å²) in [7, 11) is 0. The highest BCUT2D eigenvalue weighted by Gasteiger charge is 2.31. The van der Waals surface area contributed by atoms with Gasteiger partial charge in [-0.15, -0.1) is 13.2 Å². The number of hydrogen-bond acceptors (Lipinski definition) is 4. The maximum Gasteiger partial charge on any atom is 0.573 e. The van der Waals surface area contributed by atoms with Gasteiger partial charge in [0, 0.05) is 19.0 Å². The molecule has 182 valence electrons. The Hall–Kier alpha value is -3.95. The van der Waals surface area contributed by atoms with Gasteiger partial charge in [0.05, 0.1) is 12.6 Å². The van der Waals surface area contributed by atoms with Crippen LogP contribution in [0.5, 0.6) is 5.75 Å². The molecule has 1 amide bonds. The van der Waals surface area contributed by atoms with Gasteiger partial charge < -0.3 is 14.6 Å². The number of aromatic nitrogens is 3. The first kappa shape index (κ1) is 24.2. The van der Waals surface area contributed by atoms with Crippen LogP contribution < -0.4 is 10.1 Å². The predicted octanol–water partition coefficient (Wildman–Crippen LogP) is 5.33. The molecule has 0 aliphatic rings. The number of benzene rings is 2. The average Bonchev–Trinajstić information content (AvgIpc) is 3.16. The minimum absolute atomic E-state index is 0.160. The van der Waals surface area contributed by atoms with Gasteiger partial charge in [0.2, 0.25) is 5.91 Å². The van der Waals surface area contributed by atoms with Crippen molar-refractivity contribution in [2.24, 2.45) is 0 Å². The summed E-state index contributed by atoms with van der Waals surface area (Å²) in [6.07, 6.45) is -2.64. The molecule has 4 rings (SSSR count). The summed E-state index contributed by atoms with van der Waals surface area (Å²) in [6, 6.07) is 14.8. The third-order valence-electron chi connectivity index (χ3n) is 5.40. The van der Waals surface area contributed by atoms with Gasteiger partial charge in [-0.2, -0.15) is 0 Å². The fourth-order valence-corrected chi connectivity index (χ4v) is 3.72. The van der Waals surface area contributed by atoms with Crippen molar-refractivity contribution in [2.75, 3.05) is 0 Å². The lowest BCUT2D eigenvalue weighted by Crippen LogP contribution is -2.27. The third kappa shape index (κ3) is 6.34. The Balaban J connectivity index is 1.46. The molecule has 6 nitrogen and oxygen atoms in total. The molecule has 0 saturated carbocycles. The van der Waals surface area contributed by atoms with E-state index in [1.165, 1.54) is 36.4 Å². The van der Waals surface area contributed by atoms with Gasteiger partial charge in [-0.1, -0.05) is 24.3 Å². The zero-order valence-corrected chi connectivity index (χ0v) is 18.7. The number of amides is 1. The number of pyridine rings is 1. The fraction of sp³-hybridized carbons (Fsp3) is 0.240. The number of aryl methyl sites for hydroxylation is 1. The number of nitrogens with zero attached hydrogens (tertiary/aromatic N) is 3. The Morgan fingerprint density at radius 3 is 2.49 bits per heavy atom. The highest BCUT2D eigenvalue weighted by atomic mass is 19.4. The lowest BCUT2D eigenvalue weighted by atomic mass is 10.1. The largest absolute Gasteiger partial charge is 0.573 e. The van der Waals surface area contributed by atoms with E-state index in [9.17, 15) is 22.4 Å². The van der Waals surface area contributed by atoms with Crippen molar-refractivity contribution in [1.29, 1.82) is 0 Å². The number of carbonyl (C=O) groups is 1. The topological polar surface area (TPSA) is 69.0 Å². The predicted molar refractivity (Wildman–Crippen MR) is 121 cm³/mol. The Morgan fingerprint density at radius 1 is 1.09 bits per heavy atom. The second-order valence-corrected chi connectivity index (χ2v) is 7.99. The number of carbonyl (C=O) groups excluding carboxylic acids is 1. The Labute approximate surface area is 198 Å². The van der Waals surface area contributed by atoms with Crippen molar-refractivity contribution in [2.45, 2.75) is 38.7 Å². The monoisotopic (exact) mass is 486 g/mol. The van der Waals surface area contributed by atoms with E-state index in [0.29, 0.717) is 30.0 Å². The van der Waals surface area contributed by atoms with Crippen molar-refractivity contribution in [3.63, 3.8) is 0 Å². The molecule has 0 aliphatic heterocycles. The van der Waals surface area contributed by atoms with Gasteiger partial charge in [-0.25, -0.2) is 14.4 Å². The van der Waals surface area contributed by atoms with Gasteiger partial charge in [-0.05, 0) is 54.4 Å². The molecule has 0 bridgehead atoms. The third-order valence-corrected chi connectivity index (χ3v) is 5.40. The number of rotatable bonds is 8. The highest BCUT2D eigenvalue weighted by molar-refractivity contribution is 5.77. The van der Waals surface area contributed by atoms with Crippen molar-refractivity contribution < 1.29 is 27.1 Å². The van der Waals surface area contributed by atoms with Crippen LogP contribution in [0, 0.1) is 5.82 Å². The summed E-state index contributed by atoms with van der Waals surface area (Å²) in [5.74, 6) is -0.217. The standard InChI is InChI=1S/C25H22F4N4O2/c1-16(18-6-8-19(26)9-7-18)31-23(34)13-12-22-32-21-3-2-14-30-24(21)33(22)15-17-4-10-20(11-5-17)35-25(27,28)29/h2-11,14,16H,12-13,15H2,1H3,(H,31,34)/t16-/m0/s1. The zero-order chi connectivity index (χ0) is 25.0. The molecule has 2 aromatic heterocycles. The number of ether oxygens (including phenoxy) is 1. The SMILES string of the molecule is C[C@H](NC(=O)CCc1nc2cccnc2n1Cc1ccc(OC(F)(F)F)cc1)c1ccc(F)cc1. The molecular weight excluding hydrogens is 464 g/mol. The van der Waals surface area contributed by atoms with Crippen molar-refractivity contribution in [1.82, 2.24) is 19.9 Å². The van der Waals surface area contributed by atoms with Crippen LogP contribution in [0.1, 0.15) is 36.3 Å². The molecule has 0 radical (unpaired) electrons. The van der Waals surface area contributed by atoms with Gasteiger partial charge in [0.15, 0.2) is 5.65 Å². The number of alkyl halides is 3. The van der Waals surface area contributed by atoms with Gasteiger partial charge >= 0.3 is 6.36 Å². The molecule has 4 aromatic rings. The number of imidazole rings is 1. The second-order valence-electron chi connectivity index (χ2n) is 7.99. The van der Waals surface area contributed by atoms with E-state index in [4.69, 9.17) is 0 Å². The van der Waals surface area contributed by atoms with E-state index >= 15 is 0 Å². The Bertz CT molecular complexity index is 1300. The molecule has 10 heteroatoms. The lowest BCUT2D eigenvalue weighted by molar-refractivity contribution is -0.274. The van der Waals surface area contributed by atoms with Crippen LogP contribution in [-0.4, -0.2) is 26.8 Å². The summed E-state index contributed by atoms with van der Waals surface area (Å²) in [5, 5.41) is 2.89. The molecule has 1 atom stereocenters. The minimum atomic E-state index is -4.76. The average molecular weight is 486 g/mol. The van der Waals surface area contributed by atoms with Crippen molar-refractivity contribution in [3.05, 3.63) is 89.6 Å². The van der Waals surface area contributed by atoms with Crippen molar-refractivity contribution >= 4 is 17.1 Å². The van der Waals surface area contributed by atoms with Crippen LogP contribution in [0.4, 0.5) is 17.6 Å². The molecule has 0 unspecified atom stereocenters. The van der Waals surface area contributed by atoms with Gasteiger partial charge in [0.25, 0.3) is 0 Å². The van der Waals surface area contributed by atoms with E-state index in [1.54, 1.807) is 30.5 Å². The molecule has 0 aliphatic carbocycles. The lowest BCUT2D eigenvalue weighted by Gasteiger charge is -2.15. The molecular formula is C25H22F4N4O2. The number of hydrogen-bond donors (Lipinski definition) is 1. The summed E-state index contributed by atoms with van der Waals surface area (Å²) >= 11 is 0. The smallest absolute Gasteiger partial charge is 0.406 e. The second kappa shape index (κ2) is 10.1. The fourth-order valence-electron chi connectivity index (χ4n) is 3.72. The van der Waals surface area contributed by atoms with E-state index in [2.05, 4.69) is 20.0 Å². The summed E-state index contributed by atoms with van der Waals surface area (Å²) < 4.78 is 56.2. The molecule has 2 heterocycles. The maximum atomic E-state index is 13.1. The van der Waals surface area contributed by atoms with Gasteiger partial charge in [-0.3, -0.25) is 4.79 Å². The van der Waals surface area contributed by atoms with Crippen LogP contribution in [0.3, 0.4) is 0 Å². The van der Waals surface area contributed by atoms with E-state index < -0.39 is 6.36 Å². The summed E-state index contributed by atoms with van der Waals surface area (Å²) in [4.78, 5) is 21.5. The van der Waals surface area contributed by atoms with E-state index in [0.717, 1.165) is 11.1 Å². The summed E-state index contributed by atoms with van der Waals surface area (Å²) in [6.45, 7) is 2.12. The van der Waals surface area contributed by atoms with Crippen LogP contribution in [0.2, 0.25) is 0 Å². The number of halogens is 4. The van der Waals surface area contributed by atoms with Crippen LogP contribution in [0.15, 0.2) is 66.9 Å². The van der Waals surface area contributed by atoms with Crippen molar-refractivity contribution in [3.8, 4) is 5.75 Å². The maximum absolute atomic E-state index is 13.1. The van der Waals surface area contributed by atoms with E-state index in [1.807, 2.05) is 11.5 Å². The normalized spacial score (nSPS) is 12.5. The van der Waals surface area contributed by atoms with E-state index in [-0.39, 0.29) is 29.9 Å². The zero-order valence-electron chi connectivity index (χ0n) is 18.7. The van der Waals surface area contributed by atoms with Crippen LogP contribution >= 0.6 is 0 Å². The van der Waals surface area contributed by atoms with Crippen LogP contribution in [-0.2, 0) is 17.8 Å². The van der Waals surface area contributed by atoms with Crippen LogP contribution in [0.25, 0.3) is 11.2 Å². The molecule has 2 aromatic carbocycles. The quantitative estimate of drug-likeness (QED) is 0.342. The number of nitrogens with one attached hydrogen (secondary N) is 1. The first-order chi connectivity index (χ1) is 16.7. The molecule has 0 fully saturated rings. The molecule has 1 N–H and O–H groups in total. The Kier molecular flexibility index (Phi) is 6.99. The molecule has 35 heavy (non-hydrogen) atoms. The molecule has 0 saturated heterocycles. The first-order valence-electron chi connectivity index (χ1n) is 10.9.